The van der Waals surface area contributed by atoms with Crippen molar-refractivity contribution in [2.45, 2.75) is 38.6 Å². The fourth-order valence-corrected chi connectivity index (χ4v) is 5.46. The van der Waals surface area contributed by atoms with Gasteiger partial charge in [-0.1, -0.05) is 6.07 Å². The van der Waals surface area contributed by atoms with E-state index in [9.17, 15) is 4.79 Å². The summed E-state index contributed by atoms with van der Waals surface area (Å²) < 4.78 is 0. The van der Waals surface area contributed by atoms with Crippen LogP contribution in [-0.2, 0) is 11.3 Å². The summed E-state index contributed by atoms with van der Waals surface area (Å²) in [5, 5.41) is 5.40. The average Bonchev–Trinajstić information content (AvgIpc) is 3.34. The van der Waals surface area contributed by atoms with Crippen LogP contribution in [0.3, 0.4) is 0 Å². The van der Waals surface area contributed by atoms with Gasteiger partial charge >= 0.3 is 0 Å². The Bertz CT molecular complexity index is 683. The van der Waals surface area contributed by atoms with Crippen LogP contribution >= 0.6 is 22.7 Å². The lowest BCUT2D eigenvalue weighted by molar-refractivity contribution is -0.138. The van der Waals surface area contributed by atoms with Crippen LogP contribution in [0.5, 0.6) is 0 Å². The van der Waals surface area contributed by atoms with Gasteiger partial charge < -0.3 is 4.90 Å². The topological polar surface area (TPSA) is 36.4 Å². The van der Waals surface area contributed by atoms with E-state index in [0.29, 0.717) is 5.91 Å². The third-order valence-electron chi connectivity index (χ3n) is 5.27. The average molecular weight is 376 g/mol. The van der Waals surface area contributed by atoms with E-state index in [-0.39, 0.29) is 5.92 Å². The summed E-state index contributed by atoms with van der Waals surface area (Å²) in [6.07, 6.45) is 5.64. The normalized spacial score (nSPS) is 20.1. The molecular formula is C19H25N3OS2. The lowest BCUT2D eigenvalue weighted by atomic mass is 9.94. The Balaban J connectivity index is 1.28. The number of amides is 1. The third kappa shape index (κ3) is 4.13. The van der Waals surface area contributed by atoms with Crippen LogP contribution in [0, 0.1) is 5.92 Å². The maximum Gasteiger partial charge on any atom is 0.225 e. The maximum absolute atomic E-state index is 12.7. The molecule has 25 heavy (non-hydrogen) atoms. The van der Waals surface area contributed by atoms with E-state index >= 15 is 0 Å². The molecule has 2 aromatic heterocycles. The van der Waals surface area contributed by atoms with Crippen molar-refractivity contribution in [3.05, 3.63) is 28.6 Å². The molecule has 2 aromatic rings. The molecule has 0 saturated carbocycles. The summed E-state index contributed by atoms with van der Waals surface area (Å²) in [6.45, 7) is 4.88. The number of hydrogen-bond acceptors (Lipinski definition) is 5. The second-order valence-corrected chi connectivity index (χ2v) is 8.86. The van der Waals surface area contributed by atoms with E-state index < -0.39 is 0 Å². The molecule has 2 fully saturated rings. The van der Waals surface area contributed by atoms with E-state index in [4.69, 9.17) is 4.98 Å². The van der Waals surface area contributed by atoms with Gasteiger partial charge in [-0.3, -0.25) is 9.69 Å². The van der Waals surface area contributed by atoms with Crippen molar-refractivity contribution in [3.8, 4) is 9.88 Å². The summed E-state index contributed by atoms with van der Waals surface area (Å²) in [5.41, 5.74) is 1.16. The summed E-state index contributed by atoms with van der Waals surface area (Å²) in [5.74, 6) is 0.652. The first kappa shape index (κ1) is 17.2. The van der Waals surface area contributed by atoms with Crippen molar-refractivity contribution in [2.75, 3.05) is 26.2 Å². The summed E-state index contributed by atoms with van der Waals surface area (Å²) in [6, 6.07) is 4.20. The zero-order valence-electron chi connectivity index (χ0n) is 14.5. The Morgan fingerprint density at radius 3 is 2.64 bits per heavy atom. The van der Waals surface area contributed by atoms with E-state index in [1.165, 1.54) is 24.1 Å². The summed E-state index contributed by atoms with van der Waals surface area (Å²) in [7, 11) is 0. The van der Waals surface area contributed by atoms with Crippen LogP contribution in [0.25, 0.3) is 9.88 Å². The Morgan fingerprint density at radius 2 is 1.92 bits per heavy atom. The number of piperidine rings is 2. The molecule has 4 heterocycles. The standard InChI is InChI=1S/C19H25N3OS2/c23-19(22-8-2-1-3-9-22)15-6-10-21(11-7-15)13-16-14-25-18(20-16)17-5-4-12-24-17/h4-5,12,14-15H,1-3,6-11,13H2. The molecule has 0 N–H and O–H groups in total. The third-order valence-corrected chi connectivity index (χ3v) is 7.20. The molecule has 134 valence electrons. The van der Waals surface area contributed by atoms with Gasteiger partial charge in [0.05, 0.1) is 10.6 Å². The highest BCUT2D eigenvalue weighted by Gasteiger charge is 2.29. The highest BCUT2D eigenvalue weighted by molar-refractivity contribution is 7.20. The first-order valence-electron chi connectivity index (χ1n) is 9.29. The van der Waals surface area contributed by atoms with Gasteiger partial charge in [0.25, 0.3) is 0 Å². The molecule has 1 amide bonds. The highest BCUT2D eigenvalue weighted by Crippen LogP contribution is 2.29. The second-order valence-electron chi connectivity index (χ2n) is 7.06. The molecule has 4 nitrogen and oxygen atoms in total. The van der Waals surface area contributed by atoms with Crippen LogP contribution in [0.4, 0.5) is 0 Å². The number of thiophene rings is 1. The van der Waals surface area contributed by atoms with Crippen molar-refractivity contribution < 1.29 is 4.79 Å². The second kappa shape index (κ2) is 7.98. The lowest BCUT2D eigenvalue weighted by Gasteiger charge is -2.35. The molecule has 2 aliphatic heterocycles. The predicted octanol–water partition coefficient (Wildman–Crippen LogP) is 4.10. The zero-order valence-corrected chi connectivity index (χ0v) is 16.2. The molecule has 0 unspecified atom stereocenters. The quantitative estimate of drug-likeness (QED) is 0.807. The molecule has 0 aliphatic carbocycles. The van der Waals surface area contributed by atoms with Gasteiger partial charge in [-0.25, -0.2) is 4.98 Å². The Labute approximate surface area is 157 Å². The number of carbonyl (C=O) groups is 1. The fraction of sp³-hybridized carbons (Fsp3) is 0.579. The van der Waals surface area contributed by atoms with Gasteiger partial charge in [-0.2, -0.15) is 0 Å². The molecule has 6 heteroatoms. The minimum atomic E-state index is 0.242. The molecule has 2 saturated heterocycles. The Morgan fingerprint density at radius 1 is 1.12 bits per heavy atom. The van der Waals surface area contributed by atoms with E-state index in [0.717, 1.165) is 56.3 Å². The molecule has 0 bridgehead atoms. The Kier molecular flexibility index (Phi) is 5.48. The number of rotatable bonds is 4. The van der Waals surface area contributed by atoms with E-state index in [2.05, 4.69) is 32.7 Å². The SMILES string of the molecule is O=C(C1CCN(Cc2csc(-c3cccs3)n2)CC1)N1CCCCC1. The summed E-state index contributed by atoms with van der Waals surface area (Å²) >= 11 is 3.48. The fourth-order valence-electron chi connectivity index (χ4n) is 3.83. The van der Waals surface area contributed by atoms with Crippen LogP contribution in [0.15, 0.2) is 22.9 Å². The van der Waals surface area contributed by atoms with E-state index in [1.807, 2.05) is 0 Å². The first-order chi connectivity index (χ1) is 12.3. The van der Waals surface area contributed by atoms with Gasteiger partial charge in [0, 0.05) is 30.9 Å². The number of thiazole rings is 1. The van der Waals surface area contributed by atoms with Gasteiger partial charge in [0.1, 0.15) is 5.01 Å². The largest absolute Gasteiger partial charge is 0.342 e. The van der Waals surface area contributed by atoms with Crippen molar-refractivity contribution >= 4 is 28.6 Å². The maximum atomic E-state index is 12.7. The molecule has 0 atom stereocenters. The van der Waals surface area contributed by atoms with Crippen molar-refractivity contribution in [1.29, 1.82) is 0 Å². The minimum Gasteiger partial charge on any atom is -0.342 e. The van der Waals surface area contributed by atoms with Crippen LogP contribution < -0.4 is 0 Å². The number of carbonyl (C=O) groups excluding carboxylic acids is 1. The molecule has 0 radical (unpaired) electrons. The highest BCUT2D eigenvalue weighted by atomic mass is 32.1. The van der Waals surface area contributed by atoms with Crippen LogP contribution in [0.1, 0.15) is 37.8 Å². The van der Waals surface area contributed by atoms with Crippen molar-refractivity contribution in [2.24, 2.45) is 5.92 Å². The van der Waals surface area contributed by atoms with Gasteiger partial charge in [0.15, 0.2) is 0 Å². The number of hydrogen-bond donors (Lipinski definition) is 0. The minimum absolute atomic E-state index is 0.242. The monoisotopic (exact) mass is 375 g/mol. The van der Waals surface area contributed by atoms with Gasteiger partial charge in [-0.05, 0) is 56.6 Å². The molecular weight excluding hydrogens is 350 g/mol. The smallest absolute Gasteiger partial charge is 0.225 e. The van der Waals surface area contributed by atoms with Crippen LogP contribution in [0.2, 0.25) is 0 Å². The number of aromatic nitrogens is 1. The predicted molar refractivity (Wildman–Crippen MR) is 104 cm³/mol. The molecule has 4 rings (SSSR count). The van der Waals surface area contributed by atoms with Crippen molar-refractivity contribution in [3.63, 3.8) is 0 Å². The number of nitrogens with zero attached hydrogens (tertiary/aromatic N) is 3. The Hall–Kier alpha value is -1.24. The van der Waals surface area contributed by atoms with E-state index in [1.54, 1.807) is 22.7 Å². The van der Waals surface area contributed by atoms with Crippen LogP contribution in [-0.4, -0.2) is 46.9 Å². The zero-order chi connectivity index (χ0) is 17.1. The van der Waals surface area contributed by atoms with Crippen molar-refractivity contribution in [1.82, 2.24) is 14.8 Å². The lowest BCUT2D eigenvalue weighted by Crippen LogP contribution is -2.44. The van der Waals surface area contributed by atoms with Gasteiger partial charge in [-0.15, -0.1) is 22.7 Å². The molecule has 2 aliphatic rings. The molecule has 0 aromatic carbocycles. The van der Waals surface area contributed by atoms with Gasteiger partial charge in [0.2, 0.25) is 5.91 Å². The first-order valence-corrected chi connectivity index (χ1v) is 11.0. The number of likely N-dealkylation sites (tertiary alicyclic amines) is 2. The summed E-state index contributed by atoms with van der Waals surface area (Å²) in [4.78, 5) is 23.2. The molecule has 0 spiro atoms.